The molecule has 4 rings (SSSR count). The van der Waals surface area contributed by atoms with Gasteiger partial charge in [0.15, 0.2) is 0 Å². The Hall–Kier alpha value is -3.32. The van der Waals surface area contributed by atoms with E-state index in [-0.39, 0.29) is 27.3 Å². The minimum Gasteiger partial charge on any atom is -0.350 e. The Kier molecular flexibility index (Phi) is 7.17. The molecule has 0 aromatic heterocycles. The van der Waals surface area contributed by atoms with Gasteiger partial charge in [0.05, 0.1) is 15.7 Å². The molecule has 3 aromatic rings. The van der Waals surface area contributed by atoms with Gasteiger partial charge in [-0.2, -0.15) is 0 Å². The van der Waals surface area contributed by atoms with Gasteiger partial charge >= 0.3 is 0 Å². The molecule has 0 radical (unpaired) electrons. The summed E-state index contributed by atoms with van der Waals surface area (Å²) in [6.45, 7) is 4.21. The van der Waals surface area contributed by atoms with Crippen LogP contribution < -0.4 is 15.5 Å². The van der Waals surface area contributed by atoms with Crippen molar-refractivity contribution >= 4 is 69.6 Å². The lowest BCUT2D eigenvalue weighted by Crippen LogP contribution is -2.32. The summed E-state index contributed by atoms with van der Waals surface area (Å²) in [7, 11) is 0. The van der Waals surface area contributed by atoms with Crippen molar-refractivity contribution in [2.24, 2.45) is 0 Å². The van der Waals surface area contributed by atoms with E-state index in [1.54, 1.807) is 24.3 Å². The minimum atomic E-state index is -0.683. The fourth-order valence-electron chi connectivity index (χ4n) is 3.47. The van der Waals surface area contributed by atoms with E-state index in [0.29, 0.717) is 27.9 Å². The zero-order valence-corrected chi connectivity index (χ0v) is 21.0. The highest BCUT2D eigenvalue weighted by Crippen LogP contribution is 2.33. The Bertz CT molecular complexity index is 1350. The number of hydrogen-bond acceptors (Lipinski definition) is 4. The van der Waals surface area contributed by atoms with Gasteiger partial charge < -0.3 is 10.6 Å². The number of rotatable bonds is 6. The molecule has 0 spiro atoms. The lowest BCUT2D eigenvalue weighted by molar-refractivity contribution is -0.120. The molecule has 9 heteroatoms. The average molecular weight is 529 g/mol. The Labute approximate surface area is 217 Å². The third-order valence-corrected chi connectivity index (χ3v) is 6.53. The number of nitrogens with zero attached hydrogens (tertiary/aromatic N) is 1. The zero-order chi connectivity index (χ0) is 25.3. The maximum absolute atomic E-state index is 12.9. The van der Waals surface area contributed by atoms with Crippen molar-refractivity contribution in [3.63, 3.8) is 0 Å². The van der Waals surface area contributed by atoms with E-state index < -0.39 is 11.8 Å². The van der Waals surface area contributed by atoms with Crippen molar-refractivity contribution in [3.8, 4) is 0 Å². The van der Waals surface area contributed by atoms with Gasteiger partial charge in [0, 0.05) is 16.9 Å². The number of benzene rings is 3. The molecule has 1 aliphatic rings. The third kappa shape index (κ3) is 5.20. The molecule has 6 nitrogen and oxygen atoms in total. The quantitative estimate of drug-likeness (QED) is 0.345. The SMILES string of the molecule is CC(C)c1ccc(NC(=O)c2ccc(NC3=C(Cl)C(=O)N(c4ccc(Cl)c(Cl)c4)C3=O)cc2)cc1. The van der Waals surface area contributed by atoms with Crippen LogP contribution in [0.15, 0.2) is 77.5 Å². The highest BCUT2D eigenvalue weighted by atomic mass is 35.5. The summed E-state index contributed by atoms with van der Waals surface area (Å²) in [5.74, 6) is -1.19. The number of hydrogen-bond donors (Lipinski definition) is 2. The molecule has 0 saturated heterocycles. The van der Waals surface area contributed by atoms with Crippen molar-refractivity contribution in [3.05, 3.63) is 98.6 Å². The molecule has 35 heavy (non-hydrogen) atoms. The molecule has 0 atom stereocenters. The second kappa shape index (κ2) is 10.1. The number of halogens is 3. The highest BCUT2D eigenvalue weighted by molar-refractivity contribution is 6.53. The fourth-order valence-corrected chi connectivity index (χ4v) is 3.98. The van der Waals surface area contributed by atoms with Crippen LogP contribution in [0.1, 0.15) is 35.7 Å². The van der Waals surface area contributed by atoms with E-state index in [1.165, 1.54) is 23.8 Å². The molecule has 178 valence electrons. The van der Waals surface area contributed by atoms with Crippen molar-refractivity contribution in [1.82, 2.24) is 0 Å². The summed E-state index contributed by atoms with van der Waals surface area (Å²) in [4.78, 5) is 39.1. The lowest BCUT2D eigenvalue weighted by Gasteiger charge is -2.15. The van der Waals surface area contributed by atoms with Gasteiger partial charge in [-0.3, -0.25) is 14.4 Å². The van der Waals surface area contributed by atoms with Gasteiger partial charge in [-0.05, 0) is 66.1 Å². The Balaban J connectivity index is 1.46. The Morgan fingerprint density at radius 3 is 2.03 bits per heavy atom. The molecular formula is C26H20Cl3N3O3. The van der Waals surface area contributed by atoms with E-state index in [4.69, 9.17) is 34.8 Å². The third-order valence-electron chi connectivity index (χ3n) is 5.44. The predicted octanol–water partition coefficient (Wildman–Crippen LogP) is 6.80. The van der Waals surface area contributed by atoms with E-state index in [9.17, 15) is 14.4 Å². The van der Waals surface area contributed by atoms with Crippen LogP contribution >= 0.6 is 34.8 Å². The van der Waals surface area contributed by atoms with Crippen LogP contribution in [0.3, 0.4) is 0 Å². The van der Waals surface area contributed by atoms with Gasteiger partial charge in [-0.25, -0.2) is 4.90 Å². The van der Waals surface area contributed by atoms with E-state index in [1.807, 2.05) is 24.3 Å². The van der Waals surface area contributed by atoms with Crippen LogP contribution in [0.4, 0.5) is 17.1 Å². The van der Waals surface area contributed by atoms with Gasteiger partial charge in [-0.15, -0.1) is 0 Å². The molecule has 1 aliphatic heterocycles. The van der Waals surface area contributed by atoms with Crippen LogP contribution in [0.5, 0.6) is 0 Å². The van der Waals surface area contributed by atoms with Gasteiger partial charge in [0.25, 0.3) is 17.7 Å². The van der Waals surface area contributed by atoms with Crippen molar-refractivity contribution in [2.45, 2.75) is 19.8 Å². The van der Waals surface area contributed by atoms with Crippen LogP contribution in [-0.4, -0.2) is 17.7 Å². The first-order valence-corrected chi connectivity index (χ1v) is 11.8. The summed E-state index contributed by atoms with van der Waals surface area (Å²) in [6, 6.07) is 18.5. The minimum absolute atomic E-state index is 0.0785. The number of anilines is 3. The number of imide groups is 1. The van der Waals surface area contributed by atoms with E-state index >= 15 is 0 Å². The average Bonchev–Trinajstić information content (AvgIpc) is 3.04. The fraction of sp³-hybridized carbons (Fsp3) is 0.115. The molecule has 0 aliphatic carbocycles. The maximum atomic E-state index is 12.9. The molecule has 0 fully saturated rings. The summed E-state index contributed by atoms with van der Waals surface area (Å²) >= 11 is 18.1. The normalized spacial score (nSPS) is 13.6. The second-order valence-electron chi connectivity index (χ2n) is 8.17. The Morgan fingerprint density at radius 2 is 1.43 bits per heavy atom. The number of amides is 3. The monoisotopic (exact) mass is 527 g/mol. The molecular weight excluding hydrogens is 509 g/mol. The largest absolute Gasteiger partial charge is 0.350 e. The van der Waals surface area contributed by atoms with Crippen LogP contribution in [0.25, 0.3) is 0 Å². The second-order valence-corrected chi connectivity index (χ2v) is 9.36. The van der Waals surface area contributed by atoms with Crippen LogP contribution in [0, 0.1) is 0 Å². The summed E-state index contributed by atoms with van der Waals surface area (Å²) in [6.07, 6.45) is 0. The van der Waals surface area contributed by atoms with Crippen molar-refractivity contribution in [2.75, 3.05) is 15.5 Å². The van der Waals surface area contributed by atoms with Gasteiger partial charge in [0.2, 0.25) is 0 Å². The first-order chi connectivity index (χ1) is 16.7. The molecule has 3 aromatic carbocycles. The molecule has 0 saturated carbocycles. The van der Waals surface area contributed by atoms with Crippen molar-refractivity contribution < 1.29 is 14.4 Å². The van der Waals surface area contributed by atoms with Gasteiger partial charge in [0.1, 0.15) is 10.7 Å². The molecule has 2 N–H and O–H groups in total. The summed E-state index contributed by atoms with van der Waals surface area (Å²) < 4.78 is 0. The number of nitrogens with one attached hydrogen (secondary N) is 2. The van der Waals surface area contributed by atoms with Crippen LogP contribution in [0.2, 0.25) is 10.0 Å². The van der Waals surface area contributed by atoms with Crippen molar-refractivity contribution in [1.29, 1.82) is 0 Å². The lowest BCUT2D eigenvalue weighted by atomic mass is 10.0. The summed E-state index contributed by atoms with van der Waals surface area (Å²) in [5.41, 5.74) is 2.95. The number of carbonyl (C=O) groups is 3. The van der Waals surface area contributed by atoms with E-state index in [0.717, 1.165) is 4.90 Å². The first-order valence-electron chi connectivity index (χ1n) is 10.7. The zero-order valence-electron chi connectivity index (χ0n) is 18.7. The highest BCUT2D eigenvalue weighted by Gasteiger charge is 2.39. The van der Waals surface area contributed by atoms with E-state index in [2.05, 4.69) is 24.5 Å². The molecule has 0 bridgehead atoms. The molecule has 0 unspecified atom stereocenters. The predicted molar refractivity (Wildman–Crippen MR) is 140 cm³/mol. The standard InChI is InChI=1S/C26H20Cl3N3O3/c1-14(2)15-3-7-18(8-4-15)31-24(33)16-5-9-17(10-6-16)30-23-22(29)25(34)32(26(23)35)19-11-12-20(27)21(28)13-19/h3-14,30H,1-2H3,(H,31,33). The summed E-state index contributed by atoms with van der Waals surface area (Å²) in [5, 5.41) is 5.97. The topological polar surface area (TPSA) is 78.5 Å². The molecule has 1 heterocycles. The van der Waals surface area contributed by atoms with Crippen LogP contribution in [-0.2, 0) is 9.59 Å². The Morgan fingerprint density at radius 1 is 0.800 bits per heavy atom. The molecule has 3 amide bonds. The first kappa shape index (κ1) is 24.8. The maximum Gasteiger partial charge on any atom is 0.283 e. The van der Waals surface area contributed by atoms with Gasteiger partial charge in [-0.1, -0.05) is 60.8 Å². The number of carbonyl (C=O) groups excluding carboxylic acids is 3. The smallest absolute Gasteiger partial charge is 0.283 e.